The van der Waals surface area contributed by atoms with Crippen LogP contribution in [0.15, 0.2) is 35.9 Å². The van der Waals surface area contributed by atoms with E-state index in [4.69, 9.17) is 6.42 Å². The molecule has 1 heteroatoms. The zero-order valence-electron chi connectivity index (χ0n) is 14.2. The first kappa shape index (κ1) is 16.3. The average Bonchev–Trinajstić information content (AvgIpc) is 3.11. The zero-order valence-corrected chi connectivity index (χ0v) is 14.2. The molecule has 1 fully saturated rings. The zero-order chi connectivity index (χ0) is 16.3. The lowest BCUT2D eigenvalue weighted by molar-refractivity contribution is 0.0578. The number of unbranched alkanes of at least 4 members (excludes halogenated alkanes) is 3. The number of hydrogen-bond acceptors (Lipinski definition) is 1. The number of terminal acetylenes is 1. The minimum atomic E-state index is -0.893. The number of allylic oxidation sites excluding steroid dienone is 2. The summed E-state index contributed by atoms with van der Waals surface area (Å²) in [6.45, 7) is 2.25. The fourth-order valence-corrected chi connectivity index (χ4v) is 4.61. The second kappa shape index (κ2) is 6.93. The first-order valence-electron chi connectivity index (χ1n) is 9.17. The van der Waals surface area contributed by atoms with Gasteiger partial charge in [0.1, 0.15) is 5.60 Å². The molecule has 0 radical (unpaired) electrons. The van der Waals surface area contributed by atoms with Crippen molar-refractivity contribution in [1.29, 1.82) is 0 Å². The van der Waals surface area contributed by atoms with E-state index >= 15 is 0 Å². The molecular weight excluding hydrogens is 280 g/mol. The van der Waals surface area contributed by atoms with E-state index in [-0.39, 0.29) is 5.92 Å². The van der Waals surface area contributed by atoms with Gasteiger partial charge in [-0.1, -0.05) is 68.0 Å². The van der Waals surface area contributed by atoms with E-state index in [1.54, 1.807) is 5.57 Å². The maximum atomic E-state index is 10.8. The van der Waals surface area contributed by atoms with Crippen LogP contribution < -0.4 is 0 Å². The maximum absolute atomic E-state index is 10.8. The van der Waals surface area contributed by atoms with Crippen LogP contribution in [0, 0.1) is 24.2 Å². The number of hydrogen-bond donors (Lipinski definition) is 1. The van der Waals surface area contributed by atoms with Crippen LogP contribution in [0.1, 0.15) is 63.9 Å². The Hall–Kier alpha value is -1.52. The molecule has 122 valence electrons. The summed E-state index contributed by atoms with van der Waals surface area (Å²) >= 11 is 0. The predicted octanol–water partition coefficient (Wildman–Crippen LogP) is 5.20. The molecule has 0 amide bonds. The molecule has 2 aliphatic carbocycles. The molecule has 0 aromatic heterocycles. The SMILES string of the molecule is C#CC1(O)CCC2C(c3ccccc3)=C(CCCCCC)CC21. The van der Waals surface area contributed by atoms with Crippen molar-refractivity contribution in [3.8, 4) is 12.3 Å². The van der Waals surface area contributed by atoms with Crippen LogP contribution in [0.3, 0.4) is 0 Å². The van der Waals surface area contributed by atoms with Gasteiger partial charge in [-0.2, -0.15) is 0 Å². The third-order valence-corrected chi connectivity index (χ3v) is 5.82. The quantitative estimate of drug-likeness (QED) is 0.565. The molecule has 1 saturated carbocycles. The van der Waals surface area contributed by atoms with E-state index in [1.165, 1.54) is 36.8 Å². The van der Waals surface area contributed by atoms with Crippen LogP contribution in [0.2, 0.25) is 0 Å². The van der Waals surface area contributed by atoms with Gasteiger partial charge in [0.05, 0.1) is 0 Å². The van der Waals surface area contributed by atoms with Crippen molar-refractivity contribution < 1.29 is 5.11 Å². The Morgan fingerprint density at radius 1 is 1.22 bits per heavy atom. The van der Waals surface area contributed by atoms with Gasteiger partial charge < -0.3 is 5.11 Å². The van der Waals surface area contributed by atoms with E-state index in [1.807, 2.05) is 0 Å². The lowest BCUT2D eigenvalue weighted by atomic mass is 9.85. The lowest BCUT2D eigenvalue weighted by Gasteiger charge is -2.24. The smallest absolute Gasteiger partial charge is 0.128 e. The van der Waals surface area contributed by atoms with E-state index in [2.05, 4.69) is 43.2 Å². The summed E-state index contributed by atoms with van der Waals surface area (Å²) in [6, 6.07) is 10.7. The normalized spacial score (nSPS) is 29.6. The highest BCUT2D eigenvalue weighted by Gasteiger charge is 2.51. The van der Waals surface area contributed by atoms with Crippen LogP contribution in [0.4, 0.5) is 0 Å². The largest absolute Gasteiger partial charge is 0.377 e. The Kier molecular flexibility index (Phi) is 4.93. The highest BCUT2D eigenvalue weighted by molar-refractivity contribution is 5.74. The van der Waals surface area contributed by atoms with Gasteiger partial charge in [0.25, 0.3) is 0 Å². The highest BCUT2D eigenvalue weighted by atomic mass is 16.3. The van der Waals surface area contributed by atoms with Crippen LogP contribution >= 0.6 is 0 Å². The molecule has 1 aromatic rings. The number of fused-ring (bicyclic) bond motifs is 1. The van der Waals surface area contributed by atoms with Crippen molar-refractivity contribution in [3.05, 3.63) is 41.5 Å². The van der Waals surface area contributed by atoms with Crippen molar-refractivity contribution in [2.45, 2.75) is 63.9 Å². The molecule has 3 atom stereocenters. The van der Waals surface area contributed by atoms with Crippen molar-refractivity contribution >= 4 is 5.57 Å². The summed E-state index contributed by atoms with van der Waals surface area (Å²) in [5, 5.41) is 10.8. The summed E-state index contributed by atoms with van der Waals surface area (Å²) in [5.74, 6) is 3.38. The third kappa shape index (κ3) is 3.10. The van der Waals surface area contributed by atoms with E-state index < -0.39 is 5.60 Å². The molecule has 23 heavy (non-hydrogen) atoms. The summed E-state index contributed by atoms with van der Waals surface area (Å²) in [5.41, 5.74) is 3.50. The summed E-state index contributed by atoms with van der Waals surface area (Å²) in [4.78, 5) is 0. The van der Waals surface area contributed by atoms with Crippen molar-refractivity contribution in [2.75, 3.05) is 0 Å². The Bertz CT molecular complexity index is 607. The van der Waals surface area contributed by atoms with Crippen molar-refractivity contribution in [2.24, 2.45) is 11.8 Å². The number of aliphatic hydroxyl groups is 1. The highest BCUT2D eigenvalue weighted by Crippen LogP contribution is 2.56. The summed E-state index contributed by atoms with van der Waals surface area (Å²) in [7, 11) is 0. The predicted molar refractivity (Wildman–Crippen MR) is 96.7 cm³/mol. The Labute approximate surface area is 140 Å². The second-order valence-corrected chi connectivity index (χ2v) is 7.22. The van der Waals surface area contributed by atoms with Crippen LogP contribution in [0.5, 0.6) is 0 Å². The van der Waals surface area contributed by atoms with Crippen molar-refractivity contribution in [3.63, 3.8) is 0 Å². The number of rotatable bonds is 6. The van der Waals surface area contributed by atoms with Gasteiger partial charge in [0, 0.05) is 5.92 Å². The van der Waals surface area contributed by atoms with E-state index in [0.717, 1.165) is 25.7 Å². The lowest BCUT2D eigenvalue weighted by Crippen LogP contribution is -2.32. The van der Waals surface area contributed by atoms with Gasteiger partial charge >= 0.3 is 0 Å². The summed E-state index contributed by atoms with van der Waals surface area (Å²) < 4.78 is 0. The van der Waals surface area contributed by atoms with E-state index in [9.17, 15) is 5.11 Å². The fourth-order valence-electron chi connectivity index (χ4n) is 4.61. The Morgan fingerprint density at radius 3 is 2.70 bits per heavy atom. The van der Waals surface area contributed by atoms with Gasteiger partial charge in [-0.25, -0.2) is 0 Å². The molecule has 1 nitrogen and oxygen atoms in total. The molecule has 2 aliphatic rings. The second-order valence-electron chi connectivity index (χ2n) is 7.22. The molecule has 0 heterocycles. The van der Waals surface area contributed by atoms with Crippen LogP contribution in [-0.4, -0.2) is 10.7 Å². The Morgan fingerprint density at radius 2 is 2.00 bits per heavy atom. The average molecular weight is 308 g/mol. The molecule has 0 saturated heterocycles. The standard InChI is InChI=1S/C22H28O/c1-3-5-6-8-13-18-16-20-19(14-15-22(20,23)4-2)21(18)17-11-9-7-10-12-17/h2,7,9-12,19-20,23H,3,5-6,8,13-16H2,1H3. The molecule has 0 aliphatic heterocycles. The minimum absolute atomic E-state index is 0.226. The van der Waals surface area contributed by atoms with Gasteiger partial charge in [-0.3, -0.25) is 0 Å². The maximum Gasteiger partial charge on any atom is 0.128 e. The first-order chi connectivity index (χ1) is 11.2. The molecular formula is C22H28O. The van der Waals surface area contributed by atoms with Gasteiger partial charge in [0.2, 0.25) is 0 Å². The molecule has 3 unspecified atom stereocenters. The molecule has 0 bridgehead atoms. The molecule has 3 rings (SSSR count). The molecule has 0 spiro atoms. The van der Waals surface area contributed by atoms with Crippen LogP contribution in [0.25, 0.3) is 5.57 Å². The van der Waals surface area contributed by atoms with Gasteiger partial charge in [-0.15, -0.1) is 6.42 Å². The Balaban J connectivity index is 1.86. The summed E-state index contributed by atoms with van der Waals surface area (Å²) in [6.07, 6.45) is 14.7. The van der Waals surface area contributed by atoms with E-state index in [0.29, 0.717) is 5.92 Å². The van der Waals surface area contributed by atoms with Gasteiger partial charge in [0.15, 0.2) is 0 Å². The topological polar surface area (TPSA) is 20.2 Å². The monoisotopic (exact) mass is 308 g/mol. The molecule has 1 aromatic carbocycles. The molecule has 1 N–H and O–H groups in total. The van der Waals surface area contributed by atoms with Gasteiger partial charge in [-0.05, 0) is 49.2 Å². The minimum Gasteiger partial charge on any atom is -0.377 e. The third-order valence-electron chi connectivity index (χ3n) is 5.82. The fraction of sp³-hybridized carbons (Fsp3) is 0.545. The van der Waals surface area contributed by atoms with Crippen molar-refractivity contribution in [1.82, 2.24) is 0 Å². The van der Waals surface area contributed by atoms with Crippen LogP contribution in [-0.2, 0) is 0 Å². The number of benzene rings is 1. The first-order valence-corrected chi connectivity index (χ1v) is 9.17.